The van der Waals surface area contributed by atoms with Crippen molar-refractivity contribution in [2.24, 2.45) is 0 Å². The molecule has 2 N–H and O–H groups in total. The van der Waals surface area contributed by atoms with E-state index in [1.807, 2.05) is 19.9 Å². The lowest BCUT2D eigenvalue weighted by Gasteiger charge is -2.15. The normalized spacial score (nSPS) is 12.3. The second-order valence-electron chi connectivity index (χ2n) is 5.18. The van der Waals surface area contributed by atoms with E-state index in [1.165, 1.54) is 0 Å². The molecule has 0 spiro atoms. The third-order valence-corrected chi connectivity index (χ3v) is 2.85. The zero-order valence-electron chi connectivity index (χ0n) is 13.0. The quantitative estimate of drug-likeness (QED) is 0.804. The van der Waals surface area contributed by atoms with Crippen LogP contribution in [0.5, 0.6) is 0 Å². The fourth-order valence-electron chi connectivity index (χ4n) is 1.85. The molecule has 0 radical (unpaired) electrons. The molecule has 0 bridgehead atoms. The molecule has 5 heteroatoms. The molecule has 0 aliphatic rings. The summed E-state index contributed by atoms with van der Waals surface area (Å²) in [6.07, 6.45) is 0. The van der Waals surface area contributed by atoms with Crippen molar-refractivity contribution in [1.82, 2.24) is 10.3 Å². The van der Waals surface area contributed by atoms with E-state index in [1.54, 1.807) is 13.2 Å². The molecular formula is C15H25N3O2. The summed E-state index contributed by atoms with van der Waals surface area (Å²) in [6.45, 7) is 9.31. The number of nitrogens with zero attached hydrogens (tertiary/aromatic N) is 1. The van der Waals surface area contributed by atoms with Gasteiger partial charge in [0.15, 0.2) is 0 Å². The highest BCUT2D eigenvalue weighted by Gasteiger charge is 2.13. The molecule has 1 heterocycles. The van der Waals surface area contributed by atoms with Crippen LogP contribution in [0, 0.1) is 0 Å². The fraction of sp³-hybridized carbons (Fsp3) is 0.600. The highest BCUT2D eigenvalue weighted by Crippen LogP contribution is 2.17. The van der Waals surface area contributed by atoms with Gasteiger partial charge in [-0.1, -0.05) is 13.8 Å². The minimum atomic E-state index is -0.0991. The lowest BCUT2D eigenvalue weighted by atomic mass is 10.1. The zero-order chi connectivity index (χ0) is 15.1. The topological polar surface area (TPSA) is 63.2 Å². The van der Waals surface area contributed by atoms with Crippen LogP contribution in [0.3, 0.4) is 0 Å². The van der Waals surface area contributed by atoms with Crippen LogP contribution in [-0.4, -0.2) is 37.2 Å². The Balaban J connectivity index is 2.94. The van der Waals surface area contributed by atoms with Gasteiger partial charge in [-0.15, -0.1) is 0 Å². The van der Waals surface area contributed by atoms with Gasteiger partial charge < -0.3 is 15.4 Å². The molecule has 1 unspecified atom stereocenters. The number of anilines is 1. The number of methoxy groups -OCH3 is 1. The van der Waals surface area contributed by atoms with E-state index in [0.717, 1.165) is 18.1 Å². The maximum atomic E-state index is 12.2. The van der Waals surface area contributed by atoms with Gasteiger partial charge in [-0.25, -0.2) is 4.98 Å². The first-order valence-electron chi connectivity index (χ1n) is 7.03. The minimum absolute atomic E-state index is 0.0225. The number of ether oxygens (including phenoxy) is 1. The summed E-state index contributed by atoms with van der Waals surface area (Å²) in [6, 6.07) is 3.61. The van der Waals surface area contributed by atoms with Crippen LogP contribution in [0.4, 0.5) is 5.82 Å². The molecule has 0 aliphatic heterocycles. The number of rotatable bonds is 7. The van der Waals surface area contributed by atoms with Gasteiger partial charge in [-0.2, -0.15) is 0 Å². The van der Waals surface area contributed by atoms with Crippen molar-refractivity contribution < 1.29 is 9.53 Å². The smallest absolute Gasteiger partial charge is 0.251 e. The van der Waals surface area contributed by atoms with Crippen LogP contribution < -0.4 is 10.6 Å². The molecule has 0 saturated heterocycles. The Hall–Kier alpha value is -1.62. The summed E-state index contributed by atoms with van der Waals surface area (Å²) in [5.74, 6) is 0.915. The number of aromatic nitrogens is 1. The van der Waals surface area contributed by atoms with Gasteiger partial charge in [0.25, 0.3) is 5.91 Å². The van der Waals surface area contributed by atoms with E-state index >= 15 is 0 Å². The zero-order valence-corrected chi connectivity index (χ0v) is 13.0. The molecule has 5 nitrogen and oxygen atoms in total. The molecular weight excluding hydrogens is 254 g/mol. The van der Waals surface area contributed by atoms with Crippen LogP contribution in [0.1, 0.15) is 49.7 Å². The van der Waals surface area contributed by atoms with Gasteiger partial charge in [0.2, 0.25) is 0 Å². The number of carbonyl (C=O) groups excluding carboxylic acids is 1. The Morgan fingerprint density at radius 3 is 2.60 bits per heavy atom. The van der Waals surface area contributed by atoms with Gasteiger partial charge >= 0.3 is 0 Å². The van der Waals surface area contributed by atoms with Crippen LogP contribution >= 0.6 is 0 Å². The number of hydrogen-bond donors (Lipinski definition) is 2. The van der Waals surface area contributed by atoms with Crippen molar-refractivity contribution in [2.75, 3.05) is 25.6 Å². The maximum Gasteiger partial charge on any atom is 0.251 e. The van der Waals surface area contributed by atoms with Gasteiger partial charge in [-0.05, 0) is 31.9 Å². The van der Waals surface area contributed by atoms with Crippen LogP contribution in [0.25, 0.3) is 0 Å². The lowest BCUT2D eigenvalue weighted by Crippen LogP contribution is -2.35. The van der Waals surface area contributed by atoms with Crippen molar-refractivity contribution in [1.29, 1.82) is 0 Å². The first kappa shape index (κ1) is 16.4. The molecule has 0 saturated carbocycles. The number of hydrogen-bond acceptors (Lipinski definition) is 4. The Morgan fingerprint density at radius 1 is 1.35 bits per heavy atom. The van der Waals surface area contributed by atoms with Crippen molar-refractivity contribution >= 4 is 11.7 Å². The van der Waals surface area contributed by atoms with E-state index in [4.69, 9.17) is 4.74 Å². The predicted molar refractivity (Wildman–Crippen MR) is 81.3 cm³/mol. The predicted octanol–water partition coefficient (Wildman–Crippen LogP) is 2.40. The molecule has 1 atom stereocenters. The second-order valence-corrected chi connectivity index (χ2v) is 5.18. The van der Waals surface area contributed by atoms with Crippen molar-refractivity contribution in [3.05, 3.63) is 23.4 Å². The summed E-state index contributed by atoms with van der Waals surface area (Å²) in [4.78, 5) is 16.7. The van der Waals surface area contributed by atoms with E-state index in [-0.39, 0.29) is 17.9 Å². The molecule has 112 valence electrons. The average molecular weight is 279 g/mol. The van der Waals surface area contributed by atoms with E-state index in [0.29, 0.717) is 12.2 Å². The Morgan fingerprint density at radius 2 is 2.05 bits per heavy atom. The number of amides is 1. The summed E-state index contributed by atoms with van der Waals surface area (Å²) >= 11 is 0. The second kappa shape index (κ2) is 7.85. The summed E-state index contributed by atoms with van der Waals surface area (Å²) in [7, 11) is 1.62. The molecule has 1 rings (SSSR count). The molecule has 20 heavy (non-hydrogen) atoms. The first-order valence-corrected chi connectivity index (χ1v) is 7.03. The molecule has 0 aromatic carbocycles. The molecule has 1 amide bonds. The van der Waals surface area contributed by atoms with Crippen molar-refractivity contribution in [3.8, 4) is 0 Å². The standard InChI is InChI=1S/C15H25N3O2/c1-6-16-14-8-12(7-13(18-14)10(2)3)15(19)17-11(4)9-20-5/h7-8,10-11H,6,9H2,1-5H3,(H,16,18)(H,17,19). The van der Waals surface area contributed by atoms with Gasteiger partial charge in [0, 0.05) is 31.0 Å². The van der Waals surface area contributed by atoms with Gasteiger partial charge in [0.05, 0.1) is 6.61 Å². The average Bonchev–Trinajstić information content (AvgIpc) is 2.38. The lowest BCUT2D eigenvalue weighted by molar-refractivity contribution is 0.0905. The SMILES string of the molecule is CCNc1cc(C(=O)NC(C)COC)cc(C(C)C)n1. The monoisotopic (exact) mass is 279 g/mol. The Bertz CT molecular complexity index is 447. The Kier molecular flexibility index (Phi) is 6.45. The summed E-state index contributed by atoms with van der Waals surface area (Å²) in [5, 5.41) is 6.07. The summed E-state index contributed by atoms with van der Waals surface area (Å²) in [5.41, 5.74) is 1.54. The van der Waals surface area contributed by atoms with E-state index in [9.17, 15) is 4.79 Å². The molecule has 0 fully saturated rings. The van der Waals surface area contributed by atoms with Crippen LogP contribution in [0.2, 0.25) is 0 Å². The molecule has 0 aliphatic carbocycles. The van der Waals surface area contributed by atoms with Crippen LogP contribution in [-0.2, 0) is 4.74 Å². The van der Waals surface area contributed by atoms with Gasteiger partial charge in [-0.3, -0.25) is 4.79 Å². The van der Waals surface area contributed by atoms with Gasteiger partial charge in [0.1, 0.15) is 5.82 Å². The molecule has 1 aromatic heterocycles. The Labute approximate surface area is 121 Å². The van der Waals surface area contributed by atoms with Crippen molar-refractivity contribution in [3.63, 3.8) is 0 Å². The third-order valence-electron chi connectivity index (χ3n) is 2.85. The summed E-state index contributed by atoms with van der Waals surface area (Å²) < 4.78 is 5.03. The highest BCUT2D eigenvalue weighted by molar-refractivity contribution is 5.95. The van der Waals surface area contributed by atoms with Crippen LogP contribution in [0.15, 0.2) is 12.1 Å². The maximum absolute atomic E-state index is 12.2. The molecule has 1 aromatic rings. The first-order chi connectivity index (χ1) is 9.47. The largest absolute Gasteiger partial charge is 0.383 e. The van der Waals surface area contributed by atoms with Crippen molar-refractivity contribution in [2.45, 2.75) is 39.7 Å². The number of nitrogens with one attached hydrogen (secondary N) is 2. The fourth-order valence-corrected chi connectivity index (χ4v) is 1.85. The third kappa shape index (κ3) is 4.81. The minimum Gasteiger partial charge on any atom is -0.383 e. The number of pyridine rings is 1. The highest BCUT2D eigenvalue weighted by atomic mass is 16.5. The van der Waals surface area contributed by atoms with E-state index in [2.05, 4.69) is 29.5 Å². The number of carbonyl (C=O) groups is 1. The van der Waals surface area contributed by atoms with E-state index < -0.39 is 0 Å².